The van der Waals surface area contributed by atoms with E-state index in [-0.39, 0.29) is 17.8 Å². The van der Waals surface area contributed by atoms with Crippen molar-refractivity contribution in [2.24, 2.45) is 0 Å². The summed E-state index contributed by atoms with van der Waals surface area (Å²) in [6.45, 7) is 1.09. The van der Waals surface area contributed by atoms with E-state index in [4.69, 9.17) is 5.26 Å². The summed E-state index contributed by atoms with van der Waals surface area (Å²) in [6.07, 6.45) is 0.775. The summed E-state index contributed by atoms with van der Waals surface area (Å²) in [4.78, 5) is 43.3. The van der Waals surface area contributed by atoms with Crippen LogP contribution in [0, 0.1) is 11.3 Å². The van der Waals surface area contributed by atoms with Gasteiger partial charge in [-0.2, -0.15) is 5.26 Å². The average Bonchev–Trinajstić information content (AvgIpc) is 2.96. The second-order valence-electron chi connectivity index (χ2n) is 7.73. The summed E-state index contributed by atoms with van der Waals surface area (Å²) in [6, 6.07) is 17.9. The Kier molecular flexibility index (Phi) is 5.00. The maximum Gasteiger partial charge on any atom is 0.327 e. The summed E-state index contributed by atoms with van der Waals surface area (Å²) in [5.41, 5.74) is 0.922. The highest BCUT2D eigenvalue weighted by molar-refractivity contribution is 6.07. The van der Waals surface area contributed by atoms with Crippen LogP contribution in [0.15, 0.2) is 54.6 Å². The SMILES string of the molecule is CN1C(=O)N(Cc2ccccc2)C2(CCN(C(=O)c3cccc(C#N)c3)CC2)C1=O. The molecule has 4 amide bonds. The lowest BCUT2D eigenvalue weighted by molar-refractivity contribution is -0.134. The first-order valence-corrected chi connectivity index (χ1v) is 9.89. The molecule has 7 nitrogen and oxygen atoms in total. The number of likely N-dealkylation sites (tertiary alicyclic amines) is 1. The van der Waals surface area contributed by atoms with E-state index in [0.29, 0.717) is 43.6 Å². The highest BCUT2D eigenvalue weighted by Crippen LogP contribution is 2.38. The number of benzene rings is 2. The number of carbonyl (C=O) groups is 3. The van der Waals surface area contributed by atoms with Crippen molar-refractivity contribution >= 4 is 17.8 Å². The molecule has 0 saturated carbocycles. The van der Waals surface area contributed by atoms with Gasteiger partial charge >= 0.3 is 6.03 Å². The van der Waals surface area contributed by atoms with Crippen LogP contribution in [-0.4, -0.2) is 58.2 Å². The van der Waals surface area contributed by atoms with E-state index < -0.39 is 5.54 Å². The lowest BCUT2D eigenvalue weighted by Crippen LogP contribution is -2.57. The van der Waals surface area contributed by atoms with E-state index >= 15 is 0 Å². The van der Waals surface area contributed by atoms with Crippen molar-refractivity contribution in [3.63, 3.8) is 0 Å². The molecule has 7 heteroatoms. The number of nitriles is 1. The number of hydrogen-bond acceptors (Lipinski definition) is 4. The van der Waals surface area contributed by atoms with Crippen LogP contribution in [0.25, 0.3) is 0 Å². The quantitative estimate of drug-likeness (QED) is 0.739. The van der Waals surface area contributed by atoms with Gasteiger partial charge in [-0.15, -0.1) is 0 Å². The Morgan fingerprint density at radius 2 is 1.77 bits per heavy atom. The number of imide groups is 1. The van der Waals surface area contributed by atoms with Gasteiger partial charge in [-0.25, -0.2) is 4.79 Å². The summed E-state index contributed by atoms with van der Waals surface area (Å²) in [5, 5.41) is 9.07. The zero-order valence-corrected chi connectivity index (χ0v) is 16.7. The molecule has 1 spiro atoms. The minimum absolute atomic E-state index is 0.165. The molecule has 2 fully saturated rings. The first kappa shape index (κ1) is 19.6. The molecule has 0 aromatic heterocycles. The highest BCUT2D eigenvalue weighted by Gasteiger charge is 2.57. The van der Waals surface area contributed by atoms with Gasteiger partial charge in [0.05, 0.1) is 11.6 Å². The minimum Gasteiger partial charge on any atom is -0.338 e. The Labute approximate surface area is 175 Å². The van der Waals surface area contributed by atoms with Gasteiger partial charge < -0.3 is 9.80 Å². The van der Waals surface area contributed by atoms with Gasteiger partial charge in [0.1, 0.15) is 5.54 Å². The number of nitrogens with zero attached hydrogens (tertiary/aromatic N) is 4. The Hall–Kier alpha value is -3.66. The third-order valence-electron chi connectivity index (χ3n) is 6.04. The number of urea groups is 1. The summed E-state index contributed by atoms with van der Waals surface area (Å²) in [7, 11) is 1.52. The molecule has 0 unspecified atom stereocenters. The summed E-state index contributed by atoms with van der Waals surface area (Å²) >= 11 is 0. The number of carbonyl (C=O) groups excluding carboxylic acids is 3. The molecule has 0 atom stereocenters. The van der Waals surface area contributed by atoms with Crippen molar-refractivity contribution in [3.05, 3.63) is 71.3 Å². The maximum atomic E-state index is 13.0. The molecule has 2 aromatic carbocycles. The fourth-order valence-corrected chi connectivity index (χ4v) is 4.33. The van der Waals surface area contributed by atoms with Crippen molar-refractivity contribution in [1.29, 1.82) is 5.26 Å². The van der Waals surface area contributed by atoms with Gasteiger partial charge in [0.15, 0.2) is 0 Å². The van der Waals surface area contributed by atoms with Crippen LogP contribution in [0.3, 0.4) is 0 Å². The molecule has 0 N–H and O–H groups in total. The Bertz CT molecular complexity index is 1040. The van der Waals surface area contributed by atoms with Gasteiger partial charge in [0.2, 0.25) is 0 Å². The van der Waals surface area contributed by atoms with E-state index in [1.807, 2.05) is 36.4 Å². The Morgan fingerprint density at radius 3 is 2.43 bits per heavy atom. The molecule has 4 rings (SSSR count). The van der Waals surface area contributed by atoms with Crippen molar-refractivity contribution in [3.8, 4) is 6.07 Å². The number of rotatable bonds is 3. The summed E-state index contributed by atoms with van der Waals surface area (Å²) < 4.78 is 0. The molecule has 2 aliphatic heterocycles. The molecule has 2 aromatic rings. The van der Waals surface area contributed by atoms with Crippen LogP contribution in [0.1, 0.15) is 34.3 Å². The van der Waals surface area contributed by atoms with Gasteiger partial charge in [-0.05, 0) is 36.6 Å². The predicted molar refractivity (Wildman–Crippen MR) is 109 cm³/mol. The second kappa shape index (κ2) is 7.64. The standard InChI is InChI=1S/C23H22N4O3/c1-25-21(29)23(27(22(25)30)16-17-6-3-2-4-7-17)10-12-26(13-11-23)20(28)19-9-5-8-18(14-19)15-24/h2-9,14H,10-13,16H2,1H3. The van der Waals surface area contributed by atoms with Gasteiger partial charge in [-0.1, -0.05) is 36.4 Å². The van der Waals surface area contributed by atoms with E-state index in [9.17, 15) is 14.4 Å². The number of piperidine rings is 1. The molecule has 152 valence electrons. The van der Waals surface area contributed by atoms with Crippen molar-refractivity contribution in [1.82, 2.24) is 14.7 Å². The highest BCUT2D eigenvalue weighted by atomic mass is 16.2. The first-order valence-electron chi connectivity index (χ1n) is 9.89. The lowest BCUT2D eigenvalue weighted by atomic mass is 9.85. The minimum atomic E-state index is -0.924. The zero-order valence-electron chi connectivity index (χ0n) is 16.7. The normalized spacial score (nSPS) is 18.1. The molecule has 2 aliphatic rings. The Morgan fingerprint density at radius 1 is 1.07 bits per heavy atom. The third-order valence-corrected chi connectivity index (χ3v) is 6.04. The molecular weight excluding hydrogens is 380 g/mol. The fourth-order valence-electron chi connectivity index (χ4n) is 4.33. The predicted octanol–water partition coefficient (Wildman–Crippen LogP) is 2.63. The lowest BCUT2D eigenvalue weighted by Gasteiger charge is -2.42. The summed E-state index contributed by atoms with van der Waals surface area (Å²) in [5.74, 6) is -0.372. The van der Waals surface area contributed by atoms with Crippen molar-refractivity contribution in [2.75, 3.05) is 20.1 Å². The van der Waals surface area contributed by atoms with Crippen LogP contribution in [-0.2, 0) is 11.3 Å². The molecule has 2 heterocycles. The monoisotopic (exact) mass is 402 g/mol. The van der Waals surface area contributed by atoms with Gasteiger partial charge in [0.25, 0.3) is 11.8 Å². The molecule has 0 bridgehead atoms. The second-order valence-corrected chi connectivity index (χ2v) is 7.73. The molecule has 0 aliphatic carbocycles. The molecule has 2 saturated heterocycles. The largest absolute Gasteiger partial charge is 0.338 e. The smallest absolute Gasteiger partial charge is 0.327 e. The van der Waals surface area contributed by atoms with Gasteiger partial charge in [0, 0.05) is 32.2 Å². The van der Waals surface area contributed by atoms with Crippen LogP contribution in [0.2, 0.25) is 0 Å². The van der Waals surface area contributed by atoms with Crippen molar-refractivity contribution in [2.45, 2.75) is 24.9 Å². The topological polar surface area (TPSA) is 84.7 Å². The van der Waals surface area contributed by atoms with E-state index in [0.717, 1.165) is 5.56 Å². The number of likely N-dealkylation sites (N-methyl/N-ethyl adjacent to an activating group) is 1. The molecular formula is C23H22N4O3. The van der Waals surface area contributed by atoms with E-state index in [1.54, 1.807) is 34.1 Å². The van der Waals surface area contributed by atoms with Crippen LogP contribution >= 0.6 is 0 Å². The van der Waals surface area contributed by atoms with Crippen molar-refractivity contribution < 1.29 is 14.4 Å². The molecule has 0 radical (unpaired) electrons. The number of hydrogen-bond donors (Lipinski definition) is 0. The van der Waals surface area contributed by atoms with Gasteiger partial charge in [-0.3, -0.25) is 14.5 Å². The Balaban J connectivity index is 1.54. The first-order chi connectivity index (χ1) is 14.5. The zero-order chi connectivity index (χ0) is 21.3. The van der Waals surface area contributed by atoms with Crippen LogP contribution in [0.5, 0.6) is 0 Å². The van der Waals surface area contributed by atoms with E-state index in [2.05, 4.69) is 0 Å². The fraction of sp³-hybridized carbons (Fsp3) is 0.304. The molecule has 30 heavy (non-hydrogen) atoms. The van der Waals surface area contributed by atoms with Crippen LogP contribution in [0.4, 0.5) is 4.79 Å². The average molecular weight is 402 g/mol. The number of amides is 4. The van der Waals surface area contributed by atoms with E-state index in [1.165, 1.54) is 11.9 Å². The maximum absolute atomic E-state index is 13.0. The third kappa shape index (κ3) is 3.20. The van der Waals surface area contributed by atoms with Crippen LogP contribution < -0.4 is 0 Å².